The maximum Gasteiger partial charge on any atom is 0.341 e. The van der Waals surface area contributed by atoms with E-state index in [-0.39, 0.29) is 6.61 Å². The van der Waals surface area contributed by atoms with Crippen LogP contribution in [0.25, 0.3) is 21.9 Å². The molecule has 0 saturated heterocycles. The van der Waals surface area contributed by atoms with Crippen LogP contribution in [0.15, 0.2) is 46.9 Å². The van der Waals surface area contributed by atoms with Gasteiger partial charge in [-0.1, -0.05) is 18.2 Å². The average Bonchev–Trinajstić information content (AvgIpc) is 2.73. The second-order valence-corrected chi connectivity index (χ2v) is 3.94. The number of carboxylic acid groups (broad SMARTS) is 1. The number of carbonyl (C=O) groups is 1. The molecule has 1 N–H and O–H groups in total. The highest BCUT2D eigenvalue weighted by Crippen LogP contribution is 2.30. The third kappa shape index (κ3) is 1.78. The van der Waals surface area contributed by atoms with Crippen molar-refractivity contribution in [1.29, 1.82) is 0 Å². The Labute approximate surface area is 102 Å². The number of aliphatic carboxylic acids is 1. The van der Waals surface area contributed by atoms with Crippen molar-refractivity contribution >= 4 is 27.9 Å². The number of rotatable bonds is 3. The Morgan fingerprint density at radius 1 is 1.11 bits per heavy atom. The van der Waals surface area contributed by atoms with Crippen molar-refractivity contribution < 1.29 is 19.1 Å². The minimum absolute atomic E-state index is 0.355. The van der Waals surface area contributed by atoms with Gasteiger partial charge in [-0.2, -0.15) is 0 Å². The Morgan fingerprint density at radius 2 is 1.89 bits per heavy atom. The van der Waals surface area contributed by atoms with Crippen LogP contribution < -0.4 is 4.74 Å². The number of carboxylic acids is 1. The van der Waals surface area contributed by atoms with E-state index in [0.29, 0.717) is 11.3 Å². The molecule has 4 heteroatoms. The highest BCUT2D eigenvalue weighted by atomic mass is 16.5. The van der Waals surface area contributed by atoms with Crippen molar-refractivity contribution in [3.05, 3.63) is 42.5 Å². The van der Waals surface area contributed by atoms with Crippen LogP contribution in [-0.4, -0.2) is 17.7 Å². The van der Waals surface area contributed by atoms with E-state index < -0.39 is 5.97 Å². The molecule has 4 nitrogen and oxygen atoms in total. The molecule has 0 amide bonds. The lowest BCUT2D eigenvalue weighted by Gasteiger charge is -2.01. The monoisotopic (exact) mass is 242 g/mol. The average molecular weight is 242 g/mol. The number of ether oxygens (including phenoxy) is 1. The lowest BCUT2D eigenvalue weighted by molar-refractivity contribution is -0.139. The minimum Gasteiger partial charge on any atom is -0.482 e. The molecule has 0 fully saturated rings. The summed E-state index contributed by atoms with van der Waals surface area (Å²) in [6.45, 7) is -0.355. The molecule has 0 aliphatic heterocycles. The van der Waals surface area contributed by atoms with Gasteiger partial charge in [-0.25, -0.2) is 4.79 Å². The summed E-state index contributed by atoms with van der Waals surface area (Å²) in [5.41, 5.74) is 1.50. The molecule has 0 atom stereocenters. The number of fused-ring (bicyclic) bond motifs is 3. The van der Waals surface area contributed by atoms with E-state index >= 15 is 0 Å². The molecule has 90 valence electrons. The van der Waals surface area contributed by atoms with E-state index in [1.54, 1.807) is 12.1 Å². The third-order valence-corrected chi connectivity index (χ3v) is 2.71. The van der Waals surface area contributed by atoms with Gasteiger partial charge in [0, 0.05) is 16.8 Å². The van der Waals surface area contributed by atoms with Gasteiger partial charge in [0.05, 0.1) is 0 Å². The summed E-state index contributed by atoms with van der Waals surface area (Å²) in [4.78, 5) is 10.4. The van der Waals surface area contributed by atoms with E-state index in [1.165, 1.54) is 0 Å². The Bertz CT molecular complexity index is 727. The van der Waals surface area contributed by atoms with E-state index in [2.05, 4.69) is 0 Å². The summed E-state index contributed by atoms with van der Waals surface area (Å²) < 4.78 is 10.8. The molecule has 18 heavy (non-hydrogen) atoms. The quantitative estimate of drug-likeness (QED) is 0.766. The van der Waals surface area contributed by atoms with Crippen molar-refractivity contribution in [1.82, 2.24) is 0 Å². The number of benzene rings is 2. The van der Waals surface area contributed by atoms with Gasteiger partial charge in [0.15, 0.2) is 6.61 Å². The molecule has 0 unspecified atom stereocenters. The van der Waals surface area contributed by atoms with Crippen LogP contribution in [0.4, 0.5) is 0 Å². The van der Waals surface area contributed by atoms with E-state index in [4.69, 9.17) is 14.3 Å². The Kier molecular flexibility index (Phi) is 2.41. The molecule has 0 spiro atoms. The van der Waals surface area contributed by atoms with Crippen LogP contribution in [0.2, 0.25) is 0 Å². The van der Waals surface area contributed by atoms with Crippen molar-refractivity contribution in [3.63, 3.8) is 0 Å². The molecule has 3 rings (SSSR count). The maximum atomic E-state index is 10.4. The van der Waals surface area contributed by atoms with Crippen molar-refractivity contribution in [2.75, 3.05) is 6.61 Å². The molecule has 0 aliphatic carbocycles. The summed E-state index contributed by atoms with van der Waals surface area (Å²) in [5, 5.41) is 10.6. The molecule has 1 aromatic heterocycles. The zero-order valence-corrected chi connectivity index (χ0v) is 9.42. The second-order valence-electron chi connectivity index (χ2n) is 3.94. The summed E-state index contributed by atoms with van der Waals surface area (Å²) in [6, 6.07) is 13.1. The van der Waals surface area contributed by atoms with Gasteiger partial charge in [0.2, 0.25) is 0 Å². The molecular formula is C14H10O4. The minimum atomic E-state index is -1.00. The van der Waals surface area contributed by atoms with Gasteiger partial charge >= 0.3 is 5.97 Å². The van der Waals surface area contributed by atoms with Gasteiger partial charge < -0.3 is 14.3 Å². The topological polar surface area (TPSA) is 59.7 Å². The highest BCUT2D eigenvalue weighted by molar-refractivity contribution is 6.05. The van der Waals surface area contributed by atoms with Crippen molar-refractivity contribution in [2.24, 2.45) is 0 Å². The fourth-order valence-electron chi connectivity index (χ4n) is 1.94. The molecule has 3 aromatic rings. The van der Waals surface area contributed by atoms with E-state index in [9.17, 15) is 4.79 Å². The summed E-state index contributed by atoms with van der Waals surface area (Å²) in [5.74, 6) is -0.511. The third-order valence-electron chi connectivity index (χ3n) is 2.71. The first-order valence-electron chi connectivity index (χ1n) is 5.50. The molecule has 0 bridgehead atoms. The van der Waals surface area contributed by atoms with Crippen LogP contribution in [0, 0.1) is 0 Å². The van der Waals surface area contributed by atoms with Gasteiger partial charge in [-0.05, 0) is 18.2 Å². The SMILES string of the molecule is O=C(O)COc1ccc2c(c1)oc1ccccc12. The summed E-state index contributed by atoms with van der Waals surface area (Å²) >= 11 is 0. The number of para-hydroxylation sites is 1. The molecule has 0 radical (unpaired) electrons. The molecule has 1 heterocycles. The second kappa shape index (κ2) is 4.07. The van der Waals surface area contributed by atoms with E-state index in [0.717, 1.165) is 16.4 Å². The smallest absolute Gasteiger partial charge is 0.341 e. The fourth-order valence-corrected chi connectivity index (χ4v) is 1.94. The fraction of sp³-hybridized carbons (Fsp3) is 0.0714. The van der Waals surface area contributed by atoms with Crippen molar-refractivity contribution in [2.45, 2.75) is 0 Å². The maximum absolute atomic E-state index is 10.4. The van der Waals surface area contributed by atoms with Gasteiger partial charge in [-0.3, -0.25) is 0 Å². The molecular weight excluding hydrogens is 232 g/mol. The highest BCUT2D eigenvalue weighted by Gasteiger charge is 2.07. The first-order valence-corrected chi connectivity index (χ1v) is 5.50. The Balaban J connectivity index is 2.07. The van der Waals surface area contributed by atoms with Gasteiger partial charge in [0.1, 0.15) is 16.9 Å². The van der Waals surface area contributed by atoms with Crippen LogP contribution in [0.1, 0.15) is 0 Å². The molecule has 2 aromatic carbocycles. The lowest BCUT2D eigenvalue weighted by atomic mass is 10.1. The predicted molar refractivity (Wildman–Crippen MR) is 66.9 cm³/mol. The zero-order valence-electron chi connectivity index (χ0n) is 9.42. The lowest BCUT2D eigenvalue weighted by Crippen LogP contribution is -2.09. The first-order chi connectivity index (χ1) is 8.74. The molecule has 0 saturated carbocycles. The molecule has 0 aliphatic rings. The van der Waals surface area contributed by atoms with Crippen molar-refractivity contribution in [3.8, 4) is 5.75 Å². The van der Waals surface area contributed by atoms with Gasteiger partial charge in [0.25, 0.3) is 0 Å². The van der Waals surface area contributed by atoms with Crippen LogP contribution in [0.3, 0.4) is 0 Å². The predicted octanol–water partition coefficient (Wildman–Crippen LogP) is 3.05. The standard InChI is InChI=1S/C14H10O4/c15-14(16)8-17-9-5-6-11-10-3-1-2-4-12(10)18-13(11)7-9/h1-7H,8H2,(H,15,16). The normalized spacial score (nSPS) is 10.9. The summed E-state index contributed by atoms with van der Waals surface area (Å²) in [7, 11) is 0. The number of hydrogen-bond acceptors (Lipinski definition) is 3. The number of hydrogen-bond donors (Lipinski definition) is 1. The van der Waals surface area contributed by atoms with Gasteiger partial charge in [-0.15, -0.1) is 0 Å². The first kappa shape index (κ1) is 10.7. The van der Waals surface area contributed by atoms with Crippen LogP contribution in [0.5, 0.6) is 5.75 Å². The number of furan rings is 1. The van der Waals surface area contributed by atoms with Crippen LogP contribution in [-0.2, 0) is 4.79 Å². The zero-order chi connectivity index (χ0) is 12.5. The Morgan fingerprint density at radius 3 is 2.72 bits per heavy atom. The largest absolute Gasteiger partial charge is 0.482 e. The summed E-state index contributed by atoms with van der Waals surface area (Å²) in [6.07, 6.45) is 0. The van der Waals surface area contributed by atoms with E-state index in [1.807, 2.05) is 30.3 Å². The Hall–Kier alpha value is -2.49. The van der Waals surface area contributed by atoms with Crippen LogP contribution >= 0.6 is 0 Å².